The van der Waals surface area contributed by atoms with Crippen LogP contribution in [0.2, 0.25) is 5.02 Å². The first-order chi connectivity index (χ1) is 24.2. The highest BCUT2D eigenvalue weighted by molar-refractivity contribution is 6.30. The number of ether oxygens (including phenoxy) is 2. The molecule has 0 aliphatic carbocycles. The van der Waals surface area contributed by atoms with Crippen molar-refractivity contribution in [2.75, 3.05) is 36.1 Å². The lowest BCUT2D eigenvalue weighted by atomic mass is 9.64. The molecule has 3 aliphatic heterocycles. The molecule has 0 aromatic heterocycles. The van der Waals surface area contributed by atoms with Crippen LogP contribution in [0.1, 0.15) is 44.7 Å². The molecule has 3 aromatic carbocycles. The lowest BCUT2D eigenvalue weighted by molar-refractivity contribution is -0.149. The predicted octanol–water partition coefficient (Wildman–Crippen LogP) is 6.37. The fourth-order valence-corrected chi connectivity index (χ4v) is 8.53. The van der Waals surface area contributed by atoms with Crippen molar-refractivity contribution in [1.29, 1.82) is 0 Å². The minimum absolute atomic E-state index is 0.154. The highest BCUT2D eigenvalue weighted by Gasteiger charge is 2.79. The van der Waals surface area contributed by atoms with E-state index >= 15 is 9.59 Å². The van der Waals surface area contributed by atoms with Gasteiger partial charge >= 0.3 is 0 Å². The fourth-order valence-electron chi connectivity index (χ4n) is 8.40. The van der Waals surface area contributed by atoms with E-state index in [1.165, 1.54) is 4.90 Å². The number of fused-ring (bicyclic) bond motifs is 1. The summed E-state index contributed by atoms with van der Waals surface area (Å²) in [6.45, 7) is 12.1. The Kier molecular flexibility index (Phi) is 10.2. The van der Waals surface area contributed by atoms with E-state index < -0.39 is 41.7 Å². The molecular weight excluding hydrogens is 654 g/mol. The first-order valence-corrected chi connectivity index (χ1v) is 17.6. The Balaban J connectivity index is 1.49. The monoisotopic (exact) mass is 697 g/mol. The summed E-state index contributed by atoms with van der Waals surface area (Å²) in [7, 11) is 0. The summed E-state index contributed by atoms with van der Waals surface area (Å²) in [6.07, 6.45) is 4.64. The zero-order valence-electron chi connectivity index (χ0n) is 28.5. The maximum absolute atomic E-state index is 15.1. The number of aliphatic hydroxyl groups excluding tert-OH is 1. The summed E-state index contributed by atoms with van der Waals surface area (Å²) in [5.41, 5.74) is -0.419. The normalized spacial score (nSPS) is 25.6. The van der Waals surface area contributed by atoms with E-state index in [9.17, 15) is 9.90 Å². The molecule has 0 radical (unpaired) electrons. The van der Waals surface area contributed by atoms with Crippen molar-refractivity contribution in [3.05, 3.63) is 115 Å². The minimum Gasteiger partial charge on any atom is -0.494 e. The van der Waals surface area contributed by atoms with Crippen molar-refractivity contribution in [2.45, 2.75) is 56.4 Å². The number of carbonyl (C=O) groups is 3. The number of halogens is 1. The molecule has 3 aliphatic rings. The number of anilines is 2. The summed E-state index contributed by atoms with van der Waals surface area (Å²) in [5.74, 6) is -2.23. The van der Waals surface area contributed by atoms with E-state index in [0.717, 1.165) is 0 Å². The van der Waals surface area contributed by atoms with Crippen LogP contribution < -0.4 is 14.5 Å². The SMILES string of the molecule is C=CCN(C(=O)C1N([C@H](CO)c2ccccc2)C(=O)[C@@H]2[C@H](C(=O)N(CC=C)c3ccc(OCC)cc3)[C@]3(CC)CCC12O3)c1ccc(Cl)cc1. The molecule has 10 heteroatoms. The van der Waals surface area contributed by atoms with Gasteiger partial charge in [0, 0.05) is 29.5 Å². The highest BCUT2D eigenvalue weighted by Crippen LogP contribution is 2.65. The highest BCUT2D eigenvalue weighted by atomic mass is 35.5. The van der Waals surface area contributed by atoms with Crippen LogP contribution in [0.25, 0.3) is 0 Å². The fraction of sp³-hybridized carbons (Fsp3) is 0.375. The first kappa shape index (κ1) is 35.4. The quantitative estimate of drug-likeness (QED) is 0.197. The van der Waals surface area contributed by atoms with Gasteiger partial charge in [-0.05, 0) is 80.3 Å². The summed E-state index contributed by atoms with van der Waals surface area (Å²) < 4.78 is 12.7. The topological polar surface area (TPSA) is 99.6 Å². The molecule has 1 spiro atoms. The van der Waals surface area contributed by atoms with Gasteiger partial charge in [0.25, 0.3) is 5.91 Å². The zero-order valence-corrected chi connectivity index (χ0v) is 29.3. The van der Waals surface area contributed by atoms with Crippen molar-refractivity contribution >= 4 is 40.7 Å². The Hall–Kier alpha value is -4.44. The first-order valence-electron chi connectivity index (χ1n) is 17.2. The molecule has 50 heavy (non-hydrogen) atoms. The molecule has 3 amide bonds. The number of hydrogen-bond acceptors (Lipinski definition) is 6. The van der Waals surface area contributed by atoms with Crippen molar-refractivity contribution in [3.63, 3.8) is 0 Å². The Labute approximate surface area is 298 Å². The van der Waals surface area contributed by atoms with Gasteiger partial charge in [-0.25, -0.2) is 0 Å². The number of hydrogen-bond donors (Lipinski definition) is 1. The third kappa shape index (κ3) is 5.81. The van der Waals surface area contributed by atoms with E-state index in [1.54, 1.807) is 46.2 Å². The van der Waals surface area contributed by atoms with Crippen LogP contribution in [-0.4, -0.2) is 71.3 Å². The van der Waals surface area contributed by atoms with Gasteiger partial charge in [-0.2, -0.15) is 0 Å². The molecule has 3 aromatic rings. The number of amides is 3. The largest absolute Gasteiger partial charge is 0.494 e. The maximum Gasteiger partial charge on any atom is 0.253 e. The van der Waals surface area contributed by atoms with Gasteiger partial charge in [0.05, 0.1) is 36.7 Å². The zero-order chi connectivity index (χ0) is 35.6. The van der Waals surface area contributed by atoms with Crippen LogP contribution >= 0.6 is 11.6 Å². The second kappa shape index (κ2) is 14.4. The van der Waals surface area contributed by atoms with Gasteiger partial charge in [-0.15, -0.1) is 13.2 Å². The van der Waals surface area contributed by atoms with Crippen molar-refractivity contribution in [3.8, 4) is 5.75 Å². The molecule has 9 nitrogen and oxygen atoms in total. The average molecular weight is 698 g/mol. The van der Waals surface area contributed by atoms with E-state index in [1.807, 2.05) is 68.4 Å². The summed E-state index contributed by atoms with van der Waals surface area (Å²) in [4.78, 5) is 50.0. The van der Waals surface area contributed by atoms with Crippen LogP contribution in [0, 0.1) is 11.8 Å². The molecule has 3 heterocycles. The maximum atomic E-state index is 15.1. The average Bonchev–Trinajstić information content (AvgIpc) is 3.74. The Morgan fingerprint density at radius 2 is 1.56 bits per heavy atom. The Morgan fingerprint density at radius 1 is 0.960 bits per heavy atom. The molecule has 2 bridgehead atoms. The van der Waals surface area contributed by atoms with Gasteiger partial charge in [-0.1, -0.05) is 61.0 Å². The molecular formula is C40H44ClN3O6. The van der Waals surface area contributed by atoms with Gasteiger partial charge in [0.15, 0.2) is 0 Å². The lowest BCUT2D eigenvalue weighted by Crippen LogP contribution is -2.57. The third-order valence-electron chi connectivity index (χ3n) is 10.6. The number of carbonyl (C=O) groups excluding carboxylic acids is 3. The van der Waals surface area contributed by atoms with Gasteiger partial charge in [0.2, 0.25) is 11.8 Å². The van der Waals surface area contributed by atoms with Crippen LogP contribution in [0.5, 0.6) is 5.75 Å². The third-order valence-corrected chi connectivity index (χ3v) is 10.8. The van der Waals surface area contributed by atoms with E-state index in [2.05, 4.69) is 13.2 Å². The number of likely N-dealkylation sites (tertiary alicyclic amines) is 1. The van der Waals surface area contributed by atoms with Crippen LogP contribution in [-0.2, 0) is 19.1 Å². The standard InChI is InChI=1S/C40H44ClN3O6/c1-5-24-42(30-18-20-31(21-19-30)49-8-4)36(46)33-34-37(47)44(32(26-45)27-12-10-9-11-13-27)35(40(34)23-22-39(33,7-3)50-40)38(48)43(25-6-2)29-16-14-28(41)15-17-29/h5-6,9-21,32-35,45H,1-2,7-8,22-26H2,3-4H3/t32-,33-,34+,35?,39+,40?/m1/s1. The molecule has 6 atom stereocenters. The summed E-state index contributed by atoms with van der Waals surface area (Å²) >= 11 is 6.21. The molecule has 6 rings (SSSR count). The second-order valence-electron chi connectivity index (χ2n) is 13.1. The molecule has 3 saturated heterocycles. The van der Waals surface area contributed by atoms with Gasteiger partial charge in [-0.3, -0.25) is 14.4 Å². The molecule has 2 unspecified atom stereocenters. The minimum atomic E-state index is -1.32. The van der Waals surface area contributed by atoms with Crippen LogP contribution in [0.3, 0.4) is 0 Å². The summed E-state index contributed by atoms with van der Waals surface area (Å²) in [5, 5.41) is 11.4. The van der Waals surface area contributed by atoms with Gasteiger partial charge < -0.3 is 29.3 Å². The summed E-state index contributed by atoms with van der Waals surface area (Å²) in [6, 6.07) is 21.3. The van der Waals surface area contributed by atoms with E-state index in [0.29, 0.717) is 53.6 Å². The van der Waals surface area contributed by atoms with E-state index in [4.69, 9.17) is 21.1 Å². The molecule has 0 saturated carbocycles. The molecule has 1 N–H and O–H groups in total. The molecule has 3 fully saturated rings. The van der Waals surface area contributed by atoms with Crippen molar-refractivity contribution in [2.24, 2.45) is 11.8 Å². The number of rotatable bonds is 14. The van der Waals surface area contributed by atoms with Crippen LogP contribution in [0.15, 0.2) is 104 Å². The van der Waals surface area contributed by atoms with Gasteiger partial charge in [0.1, 0.15) is 17.4 Å². The number of aliphatic hydroxyl groups is 1. The number of benzene rings is 3. The molecule has 262 valence electrons. The van der Waals surface area contributed by atoms with E-state index in [-0.39, 0.29) is 30.8 Å². The van der Waals surface area contributed by atoms with Crippen molar-refractivity contribution in [1.82, 2.24) is 4.90 Å². The lowest BCUT2D eigenvalue weighted by Gasteiger charge is -2.39. The number of nitrogens with zero attached hydrogens (tertiary/aromatic N) is 3. The Morgan fingerprint density at radius 3 is 2.12 bits per heavy atom. The second-order valence-corrected chi connectivity index (χ2v) is 13.5. The van der Waals surface area contributed by atoms with Crippen LogP contribution in [0.4, 0.5) is 11.4 Å². The Bertz CT molecular complexity index is 1730. The smallest absolute Gasteiger partial charge is 0.253 e. The van der Waals surface area contributed by atoms with Crippen molar-refractivity contribution < 1.29 is 29.0 Å². The predicted molar refractivity (Wildman–Crippen MR) is 194 cm³/mol.